The highest BCUT2D eigenvalue weighted by Crippen LogP contribution is 2.24. The molecule has 0 aromatic heterocycles. The quantitative estimate of drug-likeness (QED) is 0.662. The molecule has 114 valence electrons. The number of hydrogen-bond acceptors (Lipinski definition) is 5. The predicted octanol–water partition coefficient (Wildman–Crippen LogP) is 0.892. The van der Waals surface area contributed by atoms with Gasteiger partial charge in [-0.1, -0.05) is 6.07 Å². The van der Waals surface area contributed by atoms with Gasteiger partial charge < -0.3 is 14.6 Å². The Morgan fingerprint density at radius 1 is 1.35 bits per heavy atom. The van der Waals surface area contributed by atoms with Crippen molar-refractivity contribution in [1.82, 2.24) is 4.72 Å². The number of aliphatic hydroxyl groups excluding tert-OH is 1. The first-order valence-electron chi connectivity index (χ1n) is 6.40. The summed E-state index contributed by atoms with van der Waals surface area (Å²) in [6, 6.07) is 4.55. The highest BCUT2D eigenvalue weighted by molar-refractivity contribution is 7.89. The molecule has 0 saturated carbocycles. The van der Waals surface area contributed by atoms with E-state index in [1.807, 2.05) is 6.92 Å². The van der Waals surface area contributed by atoms with Crippen LogP contribution in [0.25, 0.3) is 0 Å². The molecule has 2 N–H and O–H groups in total. The van der Waals surface area contributed by atoms with Gasteiger partial charge in [0.15, 0.2) is 0 Å². The summed E-state index contributed by atoms with van der Waals surface area (Å²) in [4.78, 5) is 0.0305. The van der Waals surface area contributed by atoms with Crippen molar-refractivity contribution >= 4 is 10.0 Å². The van der Waals surface area contributed by atoms with E-state index in [9.17, 15) is 8.42 Å². The van der Waals surface area contributed by atoms with Crippen molar-refractivity contribution in [2.75, 3.05) is 26.9 Å². The van der Waals surface area contributed by atoms with Gasteiger partial charge in [-0.15, -0.1) is 0 Å². The van der Waals surface area contributed by atoms with Crippen LogP contribution < -0.4 is 9.46 Å². The van der Waals surface area contributed by atoms with Gasteiger partial charge >= 0.3 is 0 Å². The number of benzene rings is 1. The van der Waals surface area contributed by atoms with Crippen LogP contribution in [0.1, 0.15) is 18.9 Å². The topological polar surface area (TPSA) is 84.9 Å². The van der Waals surface area contributed by atoms with Gasteiger partial charge in [-0.05, 0) is 31.0 Å². The number of methoxy groups -OCH3 is 1. The molecule has 0 atom stereocenters. The van der Waals surface area contributed by atoms with Crippen LogP contribution >= 0.6 is 0 Å². The van der Waals surface area contributed by atoms with E-state index < -0.39 is 10.0 Å². The molecule has 1 aromatic carbocycles. The molecule has 1 aromatic rings. The van der Waals surface area contributed by atoms with Crippen molar-refractivity contribution in [3.8, 4) is 5.75 Å². The van der Waals surface area contributed by atoms with Crippen molar-refractivity contribution in [3.05, 3.63) is 23.8 Å². The number of hydrogen-bond donors (Lipinski definition) is 2. The normalized spacial score (nSPS) is 11.6. The maximum absolute atomic E-state index is 12.2. The third-order valence-corrected chi connectivity index (χ3v) is 4.14. The molecular weight excluding hydrogens is 282 g/mol. The molecule has 0 spiro atoms. The molecule has 0 bridgehead atoms. The minimum Gasteiger partial charge on any atom is -0.495 e. The SMILES string of the molecule is CCOCCCNS(=O)(=O)c1cc(CO)ccc1OC. The first kappa shape index (κ1) is 16.9. The molecule has 0 radical (unpaired) electrons. The van der Waals surface area contributed by atoms with Crippen molar-refractivity contribution in [2.45, 2.75) is 24.8 Å². The highest BCUT2D eigenvalue weighted by Gasteiger charge is 2.19. The van der Waals surface area contributed by atoms with Crippen molar-refractivity contribution in [1.29, 1.82) is 0 Å². The van der Waals surface area contributed by atoms with Gasteiger partial charge in [0.2, 0.25) is 10.0 Å². The summed E-state index contributed by atoms with van der Waals surface area (Å²) in [5.41, 5.74) is 0.514. The van der Waals surface area contributed by atoms with Gasteiger partial charge in [-0.2, -0.15) is 0 Å². The Morgan fingerprint density at radius 3 is 2.70 bits per heavy atom. The third-order valence-electron chi connectivity index (χ3n) is 2.66. The molecule has 20 heavy (non-hydrogen) atoms. The molecule has 7 heteroatoms. The van der Waals surface area contributed by atoms with E-state index in [1.54, 1.807) is 6.07 Å². The summed E-state index contributed by atoms with van der Waals surface area (Å²) in [5, 5.41) is 9.09. The molecule has 1 rings (SSSR count). The van der Waals surface area contributed by atoms with Crippen molar-refractivity contribution in [2.24, 2.45) is 0 Å². The number of sulfonamides is 1. The second-order valence-electron chi connectivity index (χ2n) is 4.09. The zero-order chi connectivity index (χ0) is 15.0. The van der Waals surface area contributed by atoms with Gasteiger partial charge in [0.25, 0.3) is 0 Å². The minimum atomic E-state index is -3.66. The van der Waals surface area contributed by atoms with E-state index in [0.29, 0.717) is 25.2 Å². The van der Waals surface area contributed by atoms with Crippen molar-refractivity contribution in [3.63, 3.8) is 0 Å². The predicted molar refractivity (Wildman–Crippen MR) is 75.2 cm³/mol. The van der Waals surface area contributed by atoms with Crippen LogP contribution in [0.3, 0.4) is 0 Å². The summed E-state index contributed by atoms with van der Waals surface area (Å²) in [6.07, 6.45) is 0.592. The molecule has 0 aliphatic carbocycles. The zero-order valence-corrected chi connectivity index (χ0v) is 12.6. The molecule has 0 amide bonds. The Morgan fingerprint density at radius 2 is 2.10 bits per heavy atom. The van der Waals surface area contributed by atoms with Crippen LogP contribution in [0, 0.1) is 0 Å². The standard InChI is InChI=1S/C13H21NO5S/c1-3-19-8-4-7-14-20(16,17)13-9-11(10-15)5-6-12(13)18-2/h5-6,9,14-15H,3-4,7-8,10H2,1-2H3. The molecule has 0 aliphatic rings. The van der Waals surface area contributed by atoms with Crippen LogP contribution in [-0.2, 0) is 21.4 Å². The second-order valence-corrected chi connectivity index (χ2v) is 5.83. The lowest BCUT2D eigenvalue weighted by molar-refractivity contribution is 0.146. The minimum absolute atomic E-state index is 0.0305. The third kappa shape index (κ3) is 4.75. The van der Waals surface area contributed by atoms with Gasteiger partial charge in [0.1, 0.15) is 10.6 Å². The summed E-state index contributed by atoms with van der Waals surface area (Å²) >= 11 is 0. The van der Waals surface area contributed by atoms with Crippen LogP contribution in [0.4, 0.5) is 0 Å². The van der Waals surface area contributed by atoms with E-state index in [-0.39, 0.29) is 23.8 Å². The molecule has 0 saturated heterocycles. The summed E-state index contributed by atoms with van der Waals surface area (Å²) in [6.45, 7) is 3.06. The Kier molecular flexibility index (Phi) is 6.94. The van der Waals surface area contributed by atoms with Crippen LogP contribution in [0.2, 0.25) is 0 Å². The number of ether oxygens (including phenoxy) is 2. The number of rotatable bonds is 9. The fraction of sp³-hybridized carbons (Fsp3) is 0.538. The van der Waals surface area contributed by atoms with E-state index in [4.69, 9.17) is 14.6 Å². The smallest absolute Gasteiger partial charge is 0.244 e. The van der Waals surface area contributed by atoms with E-state index >= 15 is 0 Å². The van der Waals surface area contributed by atoms with Crippen LogP contribution in [0.15, 0.2) is 23.1 Å². The van der Waals surface area contributed by atoms with Crippen LogP contribution in [-0.4, -0.2) is 40.4 Å². The largest absolute Gasteiger partial charge is 0.495 e. The summed E-state index contributed by atoms with van der Waals surface area (Å²) < 4.78 is 37.1. The van der Waals surface area contributed by atoms with Gasteiger partial charge in [-0.3, -0.25) is 0 Å². The fourth-order valence-electron chi connectivity index (χ4n) is 1.63. The molecule has 6 nitrogen and oxygen atoms in total. The fourth-order valence-corrected chi connectivity index (χ4v) is 2.92. The van der Waals surface area contributed by atoms with Gasteiger partial charge in [0, 0.05) is 19.8 Å². The summed E-state index contributed by atoms with van der Waals surface area (Å²) in [5.74, 6) is 0.250. The number of aliphatic hydroxyl groups is 1. The first-order chi connectivity index (χ1) is 9.55. The van der Waals surface area contributed by atoms with E-state index in [2.05, 4.69) is 4.72 Å². The maximum Gasteiger partial charge on any atom is 0.244 e. The molecule has 0 heterocycles. The lowest BCUT2D eigenvalue weighted by atomic mass is 10.2. The first-order valence-corrected chi connectivity index (χ1v) is 7.88. The van der Waals surface area contributed by atoms with Crippen LogP contribution in [0.5, 0.6) is 5.75 Å². The van der Waals surface area contributed by atoms with Gasteiger partial charge in [0.05, 0.1) is 13.7 Å². The summed E-state index contributed by atoms with van der Waals surface area (Å²) in [7, 11) is -2.26. The van der Waals surface area contributed by atoms with E-state index in [0.717, 1.165) is 0 Å². The second kappa shape index (κ2) is 8.21. The molecule has 0 unspecified atom stereocenters. The average Bonchev–Trinajstić information content (AvgIpc) is 2.46. The monoisotopic (exact) mass is 303 g/mol. The number of nitrogens with one attached hydrogen (secondary N) is 1. The lowest BCUT2D eigenvalue weighted by Crippen LogP contribution is -2.26. The molecule has 0 fully saturated rings. The Hall–Kier alpha value is -1.15. The average molecular weight is 303 g/mol. The Labute approximate surface area is 119 Å². The zero-order valence-electron chi connectivity index (χ0n) is 11.8. The molecular formula is C13H21NO5S. The lowest BCUT2D eigenvalue weighted by Gasteiger charge is -2.12. The maximum atomic E-state index is 12.2. The highest BCUT2D eigenvalue weighted by atomic mass is 32.2. The molecule has 0 aliphatic heterocycles. The van der Waals surface area contributed by atoms with Crippen molar-refractivity contribution < 1.29 is 23.0 Å². The van der Waals surface area contributed by atoms with E-state index in [1.165, 1.54) is 19.2 Å². The van der Waals surface area contributed by atoms with Gasteiger partial charge in [-0.25, -0.2) is 13.1 Å². The Bertz CT molecular complexity index is 515. The Balaban J connectivity index is 2.80.